The number of anilines is 1. The van der Waals surface area contributed by atoms with E-state index < -0.39 is 0 Å². The van der Waals surface area contributed by atoms with Crippen LogP contribution in [-0.2, 0) is 11.3 Å². The molecule has 2 saturated heterocycles. The van der Waals surface area contributed by atoms with Crippen LogP contribution in [0, 0.1) is 6.92 Å². The van der Waals surface area contributed by atoms with Gasteiger partial charge in [-0.05, 0) is 38.7 Å². The highest BCUT2D eigenvalue weighted by molar-refractivity contribution is 5.25. The number of aromatic amines is 1. The van der Waals surface area contributed by atoms with Gasteiger partial charge in [0, 0.05) is 56.6 Å². The summed E-state index contributed by atoms with van der Waals surface area (Å²) < 4.78 is 6.25. The summed E-state index contributed by atoms with van der Waals surface area (Å²) in [5, 5.41) is 3.48. The number of aryl methyl sites for hydroxylation is 1. The van der Waals surface area contributed by atoms with Crippen LogP contribution in [0.4, 0.5) is 5.95 Å². The Hall–Kier alpha value is -1.99. The minimum Gasteiger partial charge on any atom is -0.375 e. The number of piperidine rings is 1. The quantitative estimate of drug-likeness (QED) is 0.886. The molecule has 2 fully saturated rings. The van der Waals surface area contributed by atoms with Gasteiger partial charge < -0.3 is 15.0 Å². The van der Waals surface area contributed by atoms with Crippen LogP contribution >= 0.6 is 0 Å². The van der Waals surface area contributed by atoms with Gasteiger partial charge in [0.1, 0.15) is 5.82 Å². The summed E-state index contributed by atoms with van der Waals surface area (Å²) in [7, 11) is 0. The first kappa shape index (κ1) is 16.5. The van der Waals surface area contributed by atoms with Crippen LogP contribution in [0.25, 0.3) is 0 Å². The van der Waals surface area contributed by atoms with Crippen molar-refractivity contribution in [2.24, 2.45) is 0 Å². The Morgan fingerprint density at radius 1 is 1.28 bits per heavy atom. The van der Waals surface area contributed by atoms with E-state index in [0.29, 0.717) is 6.04 Å². The largest absolute Gasteiger partial charge is 0.375 e. The lowest BCUT2D eigenvalue weighted by Gasteiger charge is -2.46. The van der Waals surface area contributed by atoms with Gasteiger partial charge in [-0.15, -0.1) is 0 Å². The third-order valence-corrected chi connectivity index (χ3v) is 5.31. The van der Waals surface area contributed by atoms with E-state index in [1.54, 1.807) is 12.4 Å². The predicted molar refractivity (Wildman–Crippen MR) is 95.2 cm³/mol. The lowest BCUT2D eigenvalue weighted by Crippen LogP contribution is -2.51. The van der Waals surface area contributed by atoms with Gasteiger partial charge in [0.25, 0.3) is 0 Å². The summed E-state index contributed by atoms with van der Waals surface area (Å²) in [4.78, 5) is 18.7. The monoisotopic (exact) mass is 342 g/mol. The number of nitrogens with zero attached hydrogens (tertiary/aromatic N) is 4. The van der Waals surface area contributed by atoms with Crippen LogP contribution in [0.1, 0.15) is 37.2 Å². The molecular formula is C18H26N6O. The minimum absolute atomic E-state index is 0.00506. The highest BCUT2D eigenvalue weighted by Crippen LogP contribution is 2.36. The van der Waals surface area contributed by atoms with E-state index >= 15 is 0 Å². The molecule has 2 N–H and O–H groups in total. The number of H-pyrrole nitrogens is 1. The first-order valence-corrected chi connectivity index (χ1v) is 9.11. The maximum absolute atomic E-state index is 6.25. The number of hydrogen-bond donors (Lipinski definition) is 2. The first-order valence-electron chi connectivity index (χ1n) is 9.11. The lowest BCUT2D eigenvalue weighted by atomic mass is 9.82. The highest BCUT2D eigenvalue weighted by Gasteiger charge is 2.40. The summed E-state index contributed by atoms with van der Waals surface area (Å²) in [6.07, 6.45) is 9.69. The molecule has 0 aromatic carbocycles. The molecule has 25 heavy (non-hydrogen) atoms. The second kappa shape index (κ2) is 7.09. The molecule has 7 heteroatoms. The highest BCUT2D eigenvalue weighted by atomic mass is 16.5. The number of likely N-dealkylation sites (tertiary alicyclic amines) is 1. The zero-order chi connectivity index (χ0) is 17.1. The summed E-state index contributed by atoms with van der Waals surface area (Å²) in [5.41, 5.74) is 1.20. The fraction of sp³-hybridized carbons (Fsp3) is 0.611. The average molecular weight is 342 g/mol. The molecule has 4 rings (SSSR count). The second-order valence-electron chi connectivity index (χ2n) is 7.21. The zero-order valence-electron chi connectivity index (χ0n) is 14.7. The van der Waals surface area contributed by atoms with E-state index in [9.17, 15) is 0 Å². The summed E-state index contributed by atoms with van der Waals surface area (Å²) in [6, 6.07) is 2.23. The summed E-state index contributed by atoms with van der Waals surface area (Å²) in [5.74, 6) is 1.70. The average Bonchev–Trinajstić information content (AvgIpc) is 3.03. The molecule has 0 radical (unpaired) electrons. The molecular weight excluding hydrogens is 316 g/mol. The van der Waals surface area contributed by atoms with Crippen LogP contribution in [0.2, 0.25) is 0 Å². The molecule has 4 heterocycles. The molecule has 0 saturated carbocycles. The van der Waals surface area contributed by atoms with Gasteiger partial charge in [0.2, 0.25) is 5.95 Å². The van der Waals surface area contributed by atoms with E-state index in [1.165, 1.54) is 5.69 Å². The van der Waals surface area contributed by atoms with Gasteiger partial charge in [0.15, 0.2) is 0 Å². The topological polar surface area (TPSA) is 79.0 Å². The van der Waals surface area contributed by atoms with Gasteiger partial charge in [-0.3, -0.25) is 4.90 Å². The molecule has 2 aliphatic heterocycles. The van der Waals surface area contributed by atoms with E-state index in [2.05, 4.69) is 30.2 Å². The summed E-state index contributed by atoms with van der Waals surface area (Å²) in [6.45, 7) is 5.87. The zero-order valence-corrected chi connectivity index (χ0v) is 14.7. The molecule has 0 amide bonds. The summed E-state index contributed by atoms with van der Waals surface area (Å²) >= 11 is 0. The van der Waals surface area contributed by atoms with E-state index in [4.69, 9.17) is 4.74 Å². The number of imidazole rings is 1. The van der Waals surface area contributed by atoms with Crippen molar-refractivity contribution in [1.29, 1.82) is 0 Å². The van der Waals surface area contributed by atoms with E-state index in [-0.39, 0.29) is 5.60 Å². The molecule has 0 bridgehead atoms. The van der Waals surface area contributed by atoms with Crippen molar-refractivity contribution in [3.8, 4) is 0 Å². The Morgan fingerprint density at radius 2 is 2.08 bits per heavy atom. The van der Waals surface area contributed by atoms with Crippen LogP contribution in [-0.4, -0.2) is 56.2 Å². The number of ether oxygens (including phenoxy) is 1. The second-order valence-corrected chi connectivity index (χ2v) is 7.21. The molecule has 7 nitrogen and oxygen atoms in total. The normalized spacial score (nSPS) is 23.6. The smallest absolute Gasteiger partial charge is 0.222 e. The first-order chi connectivity index (χ1) is 12.2. The standard InChI is InChI=1S/C18H26N6O/c1-14-21-12-16(22-14)13-24-8-4-18(5-9-24)11-15(3-10-25-18)23-17-19-6-2-7-20-17/h2,6-7,12,15H,3-5,8-11,13H2,1H3,(H,21,22)(H,19,20,23). The number of aromatic nitrogens is 4. The van der Waals surface area contributed by atoms with E-state index in [1.807, 2.05) is 19.2 Å². The fourth-order valence-electron chi connectivity index (χ4n) is 3.97. The van der Waals surface area contributed by atoms with Gasteiger partial charge >= 0.3 is 0 Å². The third kappa shape index (κ3) is 3.99. The number of rotatable bonds is 4. The van der Waals surface area contributed by atoms with Crippen molar-refractivity contribution in [1.82, 2.24) is 24.8 Å². The van der Waals surface area contributed by atoms with Crippen molar-refractivity contribution in [3.63, 3.8) is 0 Å². The van der Waals surface area contributed by atoms with Gasteiger partial charge in [-0.1, -0.05) is 0 Å². The molecule has 2 aromatic heterocycles. The van der Waals surface area contributed by atoms with Crippen molar-refractivity contribution < 1.29 is 4.74 Å². The lowest BCUT2D eigenvalue weighted by molar-refractivity contribution is -0.115. The van der Waals surface area contributed by atoms with E-state index in [0.717, 1.165) is 63.7 Å². The van der Waals surface area contributed by atoms with Crippen molar-refractivity contribution in [2.75, 3.05) is 25.0 Å². The Labute approximate surface area is 148 Å². The van der Waals surface area contributed by atoms with Crippen molar-refractivity contribution >= 4 is 5.95 Å². The Kier molecular flexibility index (Phi) is 4.67. The fourth-order valence-corrected chi connectivity index (χ4v) is 3.97. The van der Waals surface area contributed by atoms with Crippen LogP contribution in [0.3, 0.4) is 0 Å². The molecule has 2 aliphatic rings. The van der Waals surface area contributed by atoms with Crippen LogP contribution in [0.5, 0.6) is 0 Å². The third-order valence-electron chi connectivity index (χ3n) is 5.31. The van der Waals surface area contributed by atoms with Crippen molar-refractivity contribution in [3.05, 3.63) is 36.2 Å². The Morgan fingerprint density at radius 3 is 2.80 bits per heavy atom. The van der Waals surface area contributed by atoms with Gasteiger partial charge in [0.05, 0.1) is 5.60 Å². The number of nitrogens with one attached hydrogen (secondary N) is 2. The Bertz CT molecular complexity index is 680. The van der Waals surface area contributed by atoms with Gasteiger partial charge in [-0.2, -0.15) is 0 Å². The SMILES string of the molecule is Cc1ncc(CN2CCC3(CC2)CC(Nc2ncccn2)CCO3)[nH]1. The predicted octanol–water partition coefficient (Wildman–Crippen LogP) is 2.13. The van der Waals surface area contributed by atoms with Gasteiger partial charge in [-0.25, -0.2) is 15.0 Å². The maximum Gasteiger partial charge on any atom is 0.222 e. The molecule has 2 aromatic rings. The number of hydrogen-bond acceptors (Lipinski definition) is 6. The van der Waals surface area contributed by atoms with Crippen molar-refractivity contribution in [2.45, 2.75) is 50.8 Å². The molecule has 134 valence electrons. The minimum atomic E-state index is 0.00506. The molecule has 1 unspecified atom stereocenters. The molecule has 1 atom stereocenters. The Balaban J connectivity index is 1.32. The maximum atomic E-state index is 6.25. The van der Waals surface area contributed by atoms with Crippen LogP contribution in [0.15, 0.2) is 24.7 Å². The molecule has 0 aliphatic carbocycles. The molecule has 1 spiro atoms. The van der Waals surface area contributed by atoms with Crippen LogP contribution < -0.4 is 5.32 Å².